The molecule has 3 atom stereocenters. The van der Waals surface area contributed by atoms with Gasteiger partial charge in [-0.3, -0.25) is 9.69 Å². The largest absolute Gasteiger partial charge is 0.492 e. The summed E-state index contributed by atoms with van der Waals surface area (Å²) in [5.41, 5.74) is 4.20. The highest BCUT2D eigenvalue weighted by molar-refractivity contribution is 5.85. The molecular formula is C29H36F3N3O3. The number of carbonyl (C=O) groups is 1. The number of aromatic amines is 1. The molecule has 0 radical (unpaired) electrons. The highest BCUT2D eigenvalue weighted by atomic mass is 19.3. The number of methoxy groups -OCH3 is 1. The lowest BCUT2D eigenvalue weighted by molar-refractivity contribution is -0.145. The Morgan fingerprint density at radius 2 is 1.97 bits per heavy atom. The van der Waals surface area contributed by atoms with Gasteiger partial charge in [-0.15, -0.1) is 0 Å². The molecule has 1 aliphatic heterocycles. The van der Waals surface area contributed by atoms with Crippen LogP contribution in [-0.2, 0) is 16.0 Å². The minimum atomic E-state index is -2.34. The van der Waals surface area contributed by atoms with Gasteiger partial charge < -0.3 is 19.8 Å². The van der Waals surface area contributed by atoms with Crippen molar-refractivity contribution in [1.82, 2.24) is 15.2 Å². The molecule has 2 N–H and O–H groups in total. The van der Waals surface area contributed by atoms with Crippen molar-refractivity contribution >= 4 is 16.9 Å². The van der Waals surface area contributed by atoms with E-state index in [1.165, 1.54) is 13.2 Å². The first-order valence-corrected chi connectivity index (χ1v) is 13.1. The number of hydrogen-bond acceptors (Lipinski definition) is 5. The van der Waals surface area contributed by atoms with Gasteiger partial charge in [0.05, 0.1) is 19.1 Å². The topological polar surface area (TPSA) is 66.6 Å². The molecule has 0 bridgehead atoms. The molecule has 2 aromatic carbocycles. The predicted octanol–water partition coefficient (Wildman–Crippen LogP) is 5.38. The van der Waals surface area contributed by atoms with E-state index < -0.39 is 18.4 Å². The molecule has 0 amide bonds. The average Bonchev–Trinajstić information content (AvgIpc) is 3.26. The van der Waals surface area contributed by atoms with Gasteiger partial charge in [0.15, 0.2) is 0 Å². The summed E-state index contributed by atoms with van der Waals surface area (Å²) >= 11 is 0. The zero-order valence-corrected chi connectivity index (χ0v) is 22.3. The molecule has 0 aliphatic carbocycles. The van der Waals surface area contributed by atoms with Gasteiger partial charge in [-0.25, -0.2) is 13.2 Å². The number of rotatable bonds is 11. The van der Waals surface area contributed by atoms with Crippen LogP contribution in [0.4, 0.5) is 13.2 Å². The molecule has 0 saturated heterocycles. The van der Waals surface area contributed by atoms with Crippen LogP contribution < -0.4 is 10.1 Å². The molecule has 206 valence electrons. The number of alkyl halides is 2. The molecule has 4 rings (SSSR count). The summed E-state index contributed by atoms with van der Waals surface area (Å²) in [6, 6.07) is 10.6. The fourth-order valence-corrected chi connectivity index (χ4v) is 5.43. The number of hydrogen-bond donors (Lipinski definition) is 2. The lowest BCUT2D eigenvalue weighted by atomic mass is 9.86. The highest BCUT2D eigenvalue weighted by Gasteiger charge is 2.39. The van der Waals surface area contributed by atoms with Crippen LogP contribution in [-0.4, -0.2) is 61.7 Å². The summed E-state index contributed by atoms with van der Waals surface area (Å²) in [6.07, 6.45) is -1.81. The number of benzene rings is 2. The van der Waals surface area contributed by atoms with Crippen molar-refractivity contribution in [2.45, 2.75) is 52.1 Å². The van der Waals surface area contributed by atoms with E-state index in [2.05, 4.69) is 28.2 Å². The standard InChI is InChI=1S/C29H36F3N3O3/c1-17(29(36)37-4)16-35-18(2)15-21-20-7-5-6-8-23(20)34-27(21)28(35)26-19(3)24(10-9-22(26)30)38-14-13-33-12-11-25(31)32/h5-10,17-18,25,28,33-34H,11-16H2,1-4H3/t17?,18-,28-/m1/s1. The zero-order chi connectivity index (χ0) is 27.4. The van der Waals surface area contributed by atoms with Crippen LogP contribution in [0.1, 0.15) is 48.7 Å². The number of ether oxygens (including phenoxy) is 2. The summed E-state index contributed by atoms with van der Waals surface area (Å²) in [5.74, 6) is -0.539. The Bertz CT molecular complexity index is 1260. The van der Waals surface area contributed by atoms with Crippen LogP contribution in [0, 0.1) is 18.7 Å². The summed E-state index contributed by atoms with van der Waals surface area (Å²) in [7, 11) is 1.37. The predicted molar refractivity (Wildman–Crippen MR) is 141 cm³/mol. The first-order valence-electron chi connectivity index (χ1n) is 13.1. The Hall–Kier alpha value is -3.04. The third kappa shape index (κ3) is 5.83. The Morgan fingerprint density at radius 3 is 2.71 bits per heavy atom. The molecule has 2 heterocycles. The van der Waals surface area contributed by atoms with Crippen LogP contribution in [0.25, 0.3) is 10.9 Å². The molecular weight excluding hydrogens is 495 g/mol. The number of nitrogens with one attached hydrogen (secondary N) is 2. The van der Waals surface area contributed by atoms with Crippen LogP contribution in [0.15, 0.2) is 36.4 Å². The fraction of sp³-hybridized carbons (Fsp3) is 0.483. The lowest BCUT2D eigenvalue weighted by Gasteiger charge is -2.42. The SMILES string of the molecule is COC(=O)C(C)CN1[C@H](c2c(F)ccc(OCCNCCC(F)F)c2C)c2[nH]c3ccccc3c2C[C@H]1C. The van der Waals surface area contributed by atoms with Crippen LogP contribution in [0.3, 0.4) is 0 Å². The fourth-order valence-electron chi connectivity index (χ4n) is 5.43. The van der Waals surface area contributed by atoms with Crippen molar-refractivity contribution in [3.05, 3.63) is 64.6 Å². The maximum absolute atomic E-state index is 15.7. The minimum Gasteiger partial charge on any atom is -0.492 e. The summed E-state index contributed by atoms with van der Waals surface area (Å²) in [6.45, 7) is 7.00. The number of aromatic nitrogens is 1. The molecule has 38 heavy (non-hydrogen) atoms. The molecule has 9 heteroatoms. The lowest BCUT2D eigenvalue weighted by Crippen LogP contribution is -2.46. The van der Waals surface area contributed by atoms with Gasteiger partial charge in [0.2, 0.25) is 6.43 Å². The van der Waals surface area contributed by atoms with Gasteiger partial charge >= 0.3 is 5.97 Å². The second kappa shape index (κ2) is 12.2. The number of carbonyl (C=O) groups excluding carboxylic acids is 1. The Morgan fingerprint density at radius 1 is 1.21 bits per heavy atom. The third-order valence-corrected chi connectivity index (χ3v) is 7.37. The number of halogens is 3. The first-order chi connectivity index (χ1) is 18.2. The molecule has 6 nitrogen and oxygen atoms in total. The number of esters is 1. The summed E-state index contributed by atoms with van der Waals surface area (Å²) < 4.78 is 51.4. The first kappa shape index (κ1) is 28.0. The molecule has 3 aromatic rings. The van der Waals surface area contributed by atoms with Gasteiger partial charge in [-0.05, 0) is 49.6 Å². The monoisotopic (exact) mass is 531 g/mol. The molecule has 1 aliphatic rings. The minimum absolute atomic E-state index is 0.0289. The summed E-state index contributed by atoms with van der Waals surface area (Å²) in [4.78, 5) is 18.1. The van der Waals surface area contributed by atoms with E-state index in [1.54, 1.807) is 6.07 Å². The van der Waals surface area contributed by atoms with Crippen molar-refractivity contribution in [3.63, 3.8) is 0 Å². The Kier molecular flexibility index (Phi) is 8.99. The van der Waals surface area contributed by atoms with Gasteiger partial charge in [-0.1, -0.05) is 25.1 Å². The molecule has 1 aromatic heterocycles. The van der Waals surface area contributed by atoms with E-state index in [9.17, 15) is 13.6 Å². The van der Waals surface area contributed by atoms with Crippen molar-refractivity contribution < 1.29 is 27.4 Å². The number of H-pyrrole nitrogens is 1. The van der Waals surface area contributed by atoms with Crippen LogP contribution in [0.2, 0.25) is 0 Å². The normalized spacial score (nSPS) is 18.5. The van der Waals surface area contributed by atoms with Crippen molar-refractivity contribution in [2.75, 3.05) is 33.4 Å². The second-order valence-electron chi connectivity index (χ2n) is 10.0. The zero-order valence-electron chi connectivity index (χ0n) is 22.3. The van der Waals surface area contributed by atoms with E-state index in [-0.39, 0.29) is 37.4 Å². The van der Waals surface area contributed by atoms with Crippen LogP contribution in [0.5, 0.6) is 5.75 Å². The van der Waals surface area contributed by atoms with Crippen molar-refractivity contribution in [1.29, 1.82) is 0 Å². The van der Waals surface area contributed by atoms with E-state index >= 15 is 4.39 Å². The quantitative estimate of drug-likeness (QED) is 0.257. The van der Waals surface area contributed by atoms with Crippen LogP contribution >= 0.6 is 0 Å². The average molecular weight is 532 g/mol. The molecule has 0 spiro atoms. The van der Waals surface area contributed by atoms with Crippen molar-refractivity contribution in [3.8, 4) is 5.75 Å². The van der Waals surface area contributed by atoms with E-state index in [0.717, 1.165) is 28.6 Å². The smallest absolute Gasteiger partial charge is 0.309 e. The maximum atomic E-state index is 15.7. The number of fused-ring (bicyclic) bond motifs is 3. The third-order valence-electron chi connectivity index (χ3n) is 7.37. The number of para-hydroxylation sites is 1. The van der Waals surface area contributed by atoms with E-state index in [4.69, 9.17) is 9.47 Å². The Balaban J connectivity index is 1.71. The Labute approximate surface area is 221 Å². The second-order valence-corrected chi connectivity index (χ2v) is 10.0. The van der Waals surface area contributed by atoms with E-state index in [0.29, 0.717) is 30.0 Å². The van der Waals surface area contributed by atoms with E-state index in [1.807, 2.05) is 32.0 Å². The number of nitrogens with zero attached hydrogens (tertiary/aromatic N) is 1. The highest BCUT2D eigenvalue weighted by Crippen LogP contribution is 2.44. The van der Waals surface area contributed by atoms with Gasteiger partial charge in [0.25, 0.3) is 0 Å². The maximum Gasteiger partial charge on any atom is 0.309 e. The van der Waals surface area contributed by atoms with Gasteiger partial charge in [-0.2, -0.15) is 0 Å². The van der Waals surface area contributed by atoms with Gasteiger partial charge in [0, 0.05) is 54.3 Å². The molecule has 0 saturated carbocycles. The summed E-state index contributed by atoms with van der Waals surface area (Å²) in [5, 5.41) is 4.05. The molecule has 0 fully saturated rings. The van der Waals surface area contributed by atoms with Crippen molar-refractivity contribution in [2.24, 2.45) is 5.92 Å². The van der Waals surface area contributed by atoms with Gasteiger partial charge in [0.1, 0.15) is 18.2 Å². The molecule has 1 unspecified atom stereocenters.